The highest BCUT2D eigenvalue weighted by Crippen LogP contribution is 2.22. The van der Waals surface area contributed by atoms with E-state index in [-0.39, 0.29) is 0 Å². The fourth-order valence-corrected chi connectivity index (χ4v) is 2.53. The van der Waals surface area contributed by atoms with Crippen molar-refractivity contribution in [1.82, 2.24) is 15.1 Å². The SMILES string of the molecule is CCCNC(Cc1ccccc1C)c1cnn(C)c1C. The number of benzene rings is 1. The van der Waals surface area contributed by atoms with Crippen LogP contribution in [0.1, 0.15) is 41.8 Å². The molecule has 0 saturated carbocycles. The molecule has 1 unspecified atom stereocenters. The van der Waals surface area contributed by atoms with Crippen molar-refractivity contribution in [2.45, 2.75) is 39.7 Å². The Morgan fingerprint density at radius 1 is 1.25 bits per heavy atom. The van der Waals surface area contributed by atoms with E-state index in [9.17, 15) is 0 Å². The largest absolute Gasteiger partial charge is 0.310 e. The molecule has 3 nitrogen and oxygen atoms in total. The molecule has 0 aliphatic rings. The third-order valence-electron chi connectivity index (χ3n) is 3.97. The lowest BCUT2D eigenvalue weighted by Gasteiger charge is -2.19. The maximum absolute atomic E-state index is 4.39. The maximum Gasteiger partial charge on any atom is 0.0540 e. The number of nitrogens with one attached hydrogen (secondary N) is 1. The van der Waals surface area contributed by atoms with E-state index in [2.05, 4.69) is 55.5 Å². The molecule has 108 valence electrons. The van der Waals surface area contributed by atoms with E-state index >= 15 is 0 Å². The summed E-state index contributed by atoms with van der Waals surface area (Å²) in [4.78, 5) is 0. The molecule has 1 heterocycles. The molecule has 0 amide bonds. The van der Waals surface area contributed by atoms with Gasteiger partial charge in [-0.2, -0.15) is 5.10 Å². The second-order valence-electron chi connectivity index (χ2n) is 5.45. The van der Waals surface area contributed by atoms with Crippen molar-refractivity contribution in [2.24, 2.45) is 7.05 Å². The number of rotatable bonds is 6. The number of aromatic nitrogens is 2. The molecule has 0 radical (unpaired) electrons. The summed E-state index contributed by atoms with van der Waals surface area (Å²) in [5.74, 6) is 0. The van der Waals surface area contributed by atoms with Crippen molar-refractivity contribution in [3.8, 4) is 0 Å². The maximum atomic E-state index is 4.39. The Morgan fingerprint density at radius 2 is 2.00 bits per heavy atom. The van der Waals surface area contributed by atoms with Crippen LogP contribution in [0.3, 0.4) is 0 Å². The highest BCUT2D eigenvalue weighted by Gasteiger charge is 2.17. The van der Waals surface area contributed by atoms with Gasteiger partial charge in [0.25, 0.3) is 0 Å². The van der Waals surface area contributed by atoms with Crippen molar-refractivity contribution >= 4 is 0 Å². The van der Waals surface area contributed by atoms with Gasteiger partial charge >= 0.3 is 0 Å². The van der Waals surface area contributed by atoms with Crippen LogP contribution in [0, 0.1) is 13.8 Å². The number of nitrogens with zero attached hydrogens (tertiary/aromatic N) is 2. The molecule has 1 aromatic heterocycles. The first-order chi connectivity index (χ1) is 9.63. The van der Waals surface area contributed by atoms with Crippen LogP contribution in [0.15, 0.2) is 30.5 Å². The van der Waals surface area contributed by atoms with Gasteiger partial charge in [0.1, 0.15) is 0 Å². The summed E-state index contributed by atoms with van der Waals surface area (Å²) in [6.07, 6.45) is 4.16. The molecule has 1 N–H and O–H groups in total. The van der Waals surface area contributed by atoms with Crippen LogP contribution in [0.25, 0.3) is 0 Å². The second-order valence-corrected chi connectivity index (χ2v) is 5.45. The summed E-state index contributed by atoms with van der Waals surface area (Å²) in [5.41, 5.74) is 5.32. The summed E-state index contributed by atoms with van der Waals surface area (Å²) < 4.78 is 1.95. The minimum atomic E-state index is 0.338. The Hall–Kier alpha value is -1.61. The Balaban J connectivity index is 2.24. The van der Waals surface area contributed by atoms with Crippen LogP contribution in [-0.2, 0) is 13.5 Å². The van der Waals surface area contributed by atoms with Crippen LogP contribution in [-0.4, -0.2) is 16.3 Å². The summed E-state index contributed by atoms with van der Waals surface area (Å²) in [5, 5.41) is 8.05. The van der Waals surface area contributed by atoms with E-state index in [1.165, 1.54) is 22.4 Å². The predicted octanol–water partition coefficient (Wildman–Crippen LogP) is 3.32. The molecule has 0 saturated heterocycles. The highest BCUT2D eigenvalue weighted by molar-refractivity contribution is 5.29. The van der Waals surface area contributed by atoms with Gasteiger partial charge < -0.3 is 5.32 Å². The number of hydrogen-bond donors (Lipinski definition) is 1. The van der Waals surface area contributed by atoms with E-state index in [0.29, 0.717) is 6.04 Å². The van der Waals surface area contributed by atoms with Gasteiger partial charge in [0.05, 0.1) is 6.20 Å². The monoisotopic (exact) mass is 271 g/mol. The van der Waals surface area contributed by atoms with Gasteiger partial charge in [-0.3, -0.25) is 4.68 Å². The first-order valence-corrected chi connectivity index (χ1v) is 7.39. The third-order valence-corrected chi connectivity index (χ3v) is 3.97. The zero-order valence-electron chi connectivity index (χ0n) is 13.0. The summed E-state index contributed by atoms with van der Waals surface area (Å²) in [7, 11) is 2.00. The predicted molar refractivity (Wildman–Crippen MR) is 83.9 cm³/mol. The number of aryl methyl sites for hydroxylation is 2. The molecule has 0 spiro atoms. The van der Waals surface area contributed by atoms with Gasteiger partial charge in [0.2, 0.25) is 0 Å². The van der Waals surface area contributed by atoms with E-state index in [4.69, 9.17) is 0 Å². The molecule has 3 heteroatoms. The van der Waals surface area contributed by atoms with E-state index in [1.54, 1.807) is 0 Å². The quantitative estimate of drug-likeness (QED) is 0.873. The molecular weight excluding hydrogens is 246 g/mol. The average molecular weight is 271 g/mol. The Morgan fingerprint density at radius 3 is 2.60 bits per heavy atom. The van der Waals surface area contributed by atoms with Gasteiger partial charge in [-0.05, 0) is 44.4 Å². The molecule has 2 aromatic rings. The molecule has 2 rings (SSSR count). The standard InChI is InChI=1S/C17H25N3/c1-5-10-18-17(16-12-19-20(4)14(16)3)11-15-9-7-6-8-13(15)2/h6-9,12,17-18H,5,10-11H2,1-4H3. The normalized spacial score (nSPS) is 12.6. The Labute approximate surface area is 122 Å². The average Bonchev–Trinajstić information content (AvgIpc) is 2.77. The first-order valence-electron chi connectivity index (χ1n) is 7.39. The zero-order valence-corrected chi connectivity index (χ0v) is 13.0. The summed E-state index contributed by atoms with van der Waals surface area (Å²) in [6.45, 7) is 7.56. The van der Waals surface area contributed by atoms with E-state index in [1.807, 2.05) is 17.9 Å². The minimum Gasteiger partial charge on any atom is -0.310 e. The smallest absolute Gasteiger partial charge is 0.0540 e. The van der Waals surface area contributed by atoms with Gasteiger partial charge in [-0.15, -0.1) is 0 Å². The molecular formula is C17H25N3. The molecule has 0 aliphatic heterocycles. The van der Waals surface area contributed by atoms with E-state index < -0.39 is 0 Å². The molecule has 0 bridgehead atoms. The minimum absolute atomic E-state index is 0.338. The third kappa shape index (κ3) is 3.28. The van der Waals surface area contributed by atoms with Crippen molar-refractivity contribution in [1.29, 1.82) is 0 Å². The van der Waals surface area contributed by atoms with Crippen molar-refractivity contribution in [2.75, 3.05) is 6.54 Å². The molecule has 0 fully saturated rings. The topological polar surface area (TPSA) is 29.9 Å². The van der Waals surface area contributed by atoms with Gasteiger partial charge in [-0.1, -0.05) is 31.2 Å². The fraction of sp³-hybridized carbons (Fsp3) is 0.471. The molecule has 1 atom stereocenters. The van der Waals surface area contributed by atoms with Crippen LogP contribution >= 0.6 is 0 Å². The molecule has 1 aromatic carbocycles. The Bertz CT molecular complexity index is 557. The first kappa shape index (κ1) is 14.8. The van der Waals surface area contributed by atoms with Gasteiger partial charge in [-0.25, -0.2) is 0 Å². The summed E-state index contributed by atoms with van der Waals surface area (Å²) in [6, 6.07) is 8.96. The lowest BCUT2D eigenvalue weighted by atomic mass is 9.96. The lowest BCUT2D eigenvalue weighted by Crippen LogP contribution is -2.24. The van der Waals surface area contributed by atoms with Gasteiger partial charge in [0.15, 0.2) is 0 Å². The van der Waals surface area contributed by atoms with Crippen LogP contribution < -0.4 is 5.32 Å². The zero-order chi connectivity index (χ0) is 14.5. The van der Waals surface area contributed by atoms with Crippen molar-refractivity contribution in [3.63, 3.8) is 0 Å². The van der Waals surface area contributed by atoms with Crippen molar-refractivity contribution < 1.29 is 0 Å². The van der Waals surface area contributed by atoms with Crippen LogP contribution in [0.4, 0.5) is 0 Å². The number of hydrogen-bond acceptors (Lipinski definition) is 2. The summed E-state index contributed by atoms with van der Waals surface area (Å²) >= 11 is 0. The van der Waals surface area contributed by atoms with E-state index in [0.717, 1.165) is 19.4 Å². The van der Waals surface area contributed by atoms with Crippen molar-refractivity contribution in [3.05, 3.63) is 52.8 Å². The van der Waals surface area contributed by atoms with Gasteiger partial charge in [0, 0.05) is 24.3 Å². The van der Waals surface area contributed by atoms with Crippen LogP contribution in [0.2, 0.25) is 0 Å². The molecule has 20 heavy (non-hydrogen) atoms. The second kappa shape index (κ2) is 6.71. The fourth-order valence-electron chi connectivity index (χ4n) is 2.53. The Kier molecular flexibility index (Phi) is 4.96. The highest BCUT2D eigenvalue weighted by atomic mass is 15.3. The molecule has 0 aliphatic carbocycles. The lowest BCUT2D eigenvalue weighted by molar-refractivity contribution is 0.525. The van der Waals surface area contributed by atoms with Crippen LogP contribution in [0.5, 0.6) is 0 Å².